The molecule has 1 aromatic rings. The van der Waals surface area contributed by atoms with Gasteiger partial charge in [-0.1, -0.05) is 15.9 Å². The number of hydrogen-bond donors (Lipinski definition) is 0. The van der Waals surface area contributed by atoms with Gasteiger partial charge < -0.3 is 4.90 Å². The van der Waals surface area contributed by atoms with Gasteiger partial charge in [-0.3, -0.25) is 0 Å². The van der Waals surface area contributed by atoms with Gasteiger partial charge in [0.25, 0.3) is 0 Å². The van der Waals surface area contributed by atoms with Gasteiger partial charge in [0, 0.05) is 28.6 Å². The summed E-state index contributed by atoms with van der Waals surface area (Å²) in [5, 5.41) is 0.980. The molecule has 0 spiro atoms. The maximum absolute atomic E-state index is 4.51. The molecule has 1 aliphatic rings. The second-order valence-electron chi connectivity index (χ2n) is 3.93. The van der Waals surface area contributed by atoms with Crippen LogP contribution in [0.15, 0.2) is 21.2 Å². The minimum Gasteiger partial charge on any atom is -0.352 e. The lowest BCUT2D eigenvalue weighted by molar-refractivity contribution is 0.389. The van der Waals surface area contributed by atoms with Gasteiger partial charge in [-0.05, 0) is 57.2 Å². The Morgan fingerprint density at radius 2 is 2.12 bits per heavy atom. The largest absolute Gasteiger partial charge is 0.352 e. The van der Waals surface area contributed by atoms with Crippen molar-refractivity contribution in [1.82, 2.24) is 4.98 Å². The monoisotopic (exact) mass is 410 g/mol. The zero-order valence-electron chi connectivity index (χ0n) is 8.80. The Hall–Kier alpha value is 0.390. The van der Waals surface area contributed by atoms with Crippen molar-refractivity contribution in [3.63, 3.8) is 0 Å². The minimum atomic E-state index is 0.669. The van der Waals surface area contributed by atoms with Crippen LogP contribution in [0.25, 0.3) is 0 Å². The zero-order chi connectivity index (χ0) is 11.5. The average molecular weight is 413 g/mol. The molecule has 88 valence electrons. The molecule has 0 atom stereocenters. The van der Waals surface area contributed by atoms with Crippen molar-refractivity contribution >= 4 is 53.6 Å². The maximum Gasteiger partial charge on any atom is 0.143 e. The highest BCUT2D eigenvalue weighted by atomic mass is 79.9. The molecule has 2 nitrogen and oxygen atoms in total. The van der Waals surface area contributed by atoms with Gasteiger partial charge in [0.15, 0.2) is 0 Å². The van der Waals surface area contributed by atoms with Gasteiger partial charge >= 0.3 is 0 Å². The molecule has 5 heteroatoms. The van der Waals surface area contributed by atoms with E-state index in [2.05, 4.69) is 63.7 Å². The molecule has 0 N–H and O–H groups in total. The normalized spacial score (nSPS) is 15.9. The summed E-state index contributed by atoms with van der Waals surface area (Å²) in [6.45, 7) is 1.01. The molecule has 1 heterocycles. The Morgan fingerprint density at radius 1 is 1.38 bits per heavy atom. The highest BCUT2D eigenvalue weighted by molar-refractivity contribution is 9.11. The Bertz CT molecular complexity index is 366. The molecule has 16 heavy (non-hydrogen) atoms. The van der Waals surface area contributed by atoms with Crippen molar-refractivity contribution in [2.75, 3.05) is 16.8 Å². The number of alkyl halides is 1. The lowest BCUT2D eigenvalue weighted by atomic mass is 9.91. The van der Waals surface area contributed by atoms with E-state index in [1.54, 1.807) is 0 Å². The van der Waals surface area contributed by atoms with Crippen molar-refractivity contribution < 1.29 is 0 Å². The molecule has 0 aromatic carbocycles. The van der Waals surface area contributed by atoms with Crippen LogP contribution in [0.5, 0.6) is 0 Å². The highest BCUT2D eigenvalue weighted by Crippen LogP contribution is 2.33. The third-order valence-corrected chi connectivity index (χ3v) is 4.27. The van der Waals surface area contributed by atoms with Crippen molar-refractivity contribution in [3.8, 4) is 0 Å². The fourth-order valence-corrected chi connectivity index (χ4v) is 3.47. The smallest absolute Gasteiger partial charge is 0.143 e. The molecule has 0 radical (unpaired) electrons. The lowest BCUT2D eigenvalue weighted by Gasteiger charge is -2.38. The molecule has 1 aliphatic carbocycles. The predicted molar refractivity (Wildman–Crippen MR) is 78.4 cm³/mol. The van der Waals surface area contributed by atoms with Crippen LogP contribution >= 0.6 is 47.8 Å². The van der Waals surface area contributed by atoms with Crippen molar-refractivity contribution in [2.24, 2.45) is 0 Å². The number of anilines is 1. The van der Waals surface area contributed by atoms with E-state index in [-0.39, 0.29) is 0 Å². The Balaban J connectivity index is 2.23. The van der Waals surface area contributed by atoms with Crippen molar-refractivity contribution in [2.45, 2.75) is 25.3 Å². The Morgan fingerprint density at radius 3 is 2.62 bits per heavy atom. The van der Waals surface area contributed by atoms with E-state index in [4.69, 9.17) is 0 Å². The van der Waals surface area contributed by atoms with Gasteiger partial charge in [-0.2, -0.15) is 0 Å². The summed E-state index contributed by atoms with van der Waals surface area (Å²) >= 11 is 10.5. The summed E-state index contributed by atoms with van der Waals surface area (Å²) in [5.74, 6) is 1.06. The molecule has 1 fully saturated rings. The van der Waals surface area contributed by atoms with E-state index < -0.39 is 0 Å². The number of hydrogen-bond acceptors (Lipinski definition) is 2. The minimum absolute atomic E-state index is 0.669. The van der Waals surface area contributed by atoms with Gasteiger partial charge in [-0.25, -0.2) is 4.98 Å². The molecule has 0 saturated heterocycles. The highest BCUT2D eigenvalue weighted by Gasteiger charge is 2.26. The topological polar surface area (TPSA) is 16.1 Å². The van der Waals surface area contributed by atoms with E-state index in [9.17, 15) is 0 Å². The van der Waals surface area contributed by atoms with E-state index >= 15 is 0 Å². The predicted octanol–water partition coefficient (Wildman–Crippen LogP) is 4.36. The second kappa shape index (κ2) is 5.83. The molecule has 0 amide bonds. The Kier molecular flexibility index (Phi) is 4.67. The van der Waals surface area contributed by atoms with E-state index in [0.29, 0.717) is 6.04 Å². The summed E-state index contributed by atoms with van der Waals surface area (Å²) in [7, 11) is 0. The summed E-state index contributed by atoms with van der Waals surface area (Å²) in [5.41, 5.74) is 0. The van der Waals surface area contributed by atoms with Crippen LogP contribution in [-0.4, -0.2) is 22.9 Å². The van der Waals surface area contributed by atoms with Crippen molar-refractivity contribution in [3.05, 3.63) is 21.2 Å². The van der Waals surface area contributed by atoms with E-state index in [1.165, 1.54) is 19.3 Å². The van der Waals surface area contributed by atoms with Crippen molar-refractivity contribution in [1.29, 1.82) is 0 Å². The third-order valence-electron chi connectivity index (χ3n) is 2.90. The van der Waals surface area contributed by atoms with Crippen LogP contribution in [0.4, 0.5) is 5.82 Å². The quantitative estimate of drug-likeness (QED) is 0.683. The van der Waals surface area contributed by atoms with Crippen LogP contribution < -0.4 is 4.90 Å². The Labute approximate surface area is 121 Å². The summed E-state index contributed by atoms with van der Waals surface area (Å²) in [6, 6.07) is 2.73. The fraction of sp³-hybridized carbons (Fsp3) is 0.545. The molecule has 1 aromatic heterocycles. The number of pyridine rings is 1. The van der Waals surface area contributed by atoms with Gasteiger partial charge in [0.05, 0.1) is 4.47 Å². The first kappa shape index (κ1) is 12.8. The molecule has 1 saturated carbocycles. The molecular formula is C11H13Br3N2. The number of nitrogens with zero attached hydrogens (tertiary/aromatic N) is 2. The van der Waals surface area contributed by atoms with Crippen LogP contribution in [0.1, 0.15) is 19.3 Å². The second-order valence-corrected chi connectivity index (χ2v) is 6.49. The first-order chi connectivity index (χ1) is 7.72. The first-order valence-electron chi connectivity index (χ1n) is 5.36. The maximum atomic E-state index is 4.51. The van der Waals surface area contributed by atoms with E-state index in [1.807, 2.05) is 6.20 Å². The van der Waals surface area contributed by atoms with Crippen LogP contribution in [-0.2, 0) is 0 Å². The SMILES string of the molecule is BrCCN(c1ncc(Br)cc1Br)C1CCC1. The molecule has 0 aliphatic heterocycles. The molecule has 0 unspecified atom stereocenters. The molecular weight excluding hydrogens is 400 g/mol. The van der Waals surface area contributed by atoms with Gasteiger partial charge in [0.2, 0.25) is 0 Å². The zero-order valence-corrected chi connectivity index (χ0v) is 13.6. The number of aromatic nitrogens is 1. The number of rotatable bonds is 4. The van der Waals surface area contributed by atoms with Crippen LogP contribution in [0.2, 0.25) is 0 Å². The van der Waals surface area contributed by atoms with E-state index in [0.717, 1.165) is 26.6 Å². The number of halogens is 3. The molecule has 0 bridgehead atoms. The summed E-state index contributed by atoms with van der Waals surface area (Å²) in [4.78, 5) is 6.91. The first-order valence-corrected chi connectivity index (χ1v) is 8.07. The van der Waals surface area contributed by atoms with Crippen LogP contribution in [0.3, 0.4) is 0 Å². The summed E-state index contributed by atoms with van der Waals surface area (Å²) in [6.07, 6.45) is 5.78. The third kappa shape index (κ3) is 2.79. The lowest BCUT2D eigenvalue weighted by Crippen LogP contribution is -2.42. The van der Waals surface area contributed by atoms with Gasteiger partial charge in [-0.15, -0.1) is 0 Å². The molecule has 2 rings (SSSR count). The van der Waals surface area contributed by atoms with Gasteiger partial charge in [0.1, 0.15) is 5.82 Å². The summed E-state index contributed by atoms with van der Waals surface area (Å²) < 4.78 is 2.07. The fourth-order valence-electron chi connectivity index (χ4n) is 1.87. The van der Waals surface area contributed by atoms with Crippen LogP contribution in [0, 0.1) is 0 Å². The average Bonchev–Trinajstić information content (AvgIpc) is 2.14. The standard InChI is InChI=1S/C11H13Br3N2/c12-4-5-16(9-2-1-3-9)11-10(14)6-8(13)7-15-11/h6-7,9H,1-5H2.